The van der Waals surface area contributed by atoms with Crippen molar-refractivity contribution in [3.05, 3.63) is 34.9 Å². The van der Waals surface area contributed by atoms with Crippen LogP contribution in [0.15, 0.2) is 24.3 Å². The summed E-state index contributed by atoms with van der Waals surface area (Å²) in [5.74, 6) is -57.0. The van der Waals surface area contributed by atoms with Crippen LogP contribution in [0.5, 0.6) is 0 Å². The van der Waals surface area contributed by atoms with E-state index in [0.29, 0.717) is 12.1 Å². The minimum atomic E-state index is -8.68. The van der Waals surface area contributed by atoms with E-state index in [-0.39, 0.29) is 5.02 Å². The molecule has 0 aliphatic heterocycles. The lowest BCUT2D eigenvalue weighted by Crippen LogP contribution is -2.74. The molecule has 1 aromatic carbocycles. The SMILES string of the molecule is OC(CC(F)(F)C(F)(F)C(F)(F)C(F)(F)C(F)(F)C(F)(F)C(F)(F)C(F)(F)F)c1ccc(Cl)cc1. The Hall–Kier alpha value is -1.72. The molecule has 1 aromatic rings. The molecule has 19 heteroatoms. The molecule has 0 bridgehead atoms. The van der Waals surface area contributed by atoms with E-state index in [0.717, 1.165) is 12.1 Å². The molecule has 0 saturated carbocycles. The largest absolute Gasteiger partial charge is 0.460 e. The molecule has 0 aliphatic rings. The van der Waals surface area contributed by atoms with Gasteiger partial charge in [0.15, 0.2) is 0 Å². The second-order valence-corrected chi connectivity index (χ2v) is 7.36. The normalized spacial score (nSPS) is 16.4. The summed E-state index contributed by atoms with van der Waals surface area (Å²) in [6, 6.07) is 2.90. The van der Waals surface area contributed by atoms with E-state index in [1.807, 2.05) is 0 Å². The lowest BCUT2D eigenvalue weighted by atomic mass is 9.87. The van der Waals surface area contributed by atoms with Gasteiger partial charge in [-0.2, -0.15) is 74.6 Å². The average Bonchev–Trinajstić information content (AvgIpc) is 2.66. The predicted octanol–water partition coefficient (Wildman–Crippen LogP) is 7.77. The molecule has 0 fully saturated rings. The quantitative estimate of drug-likeness (QED) is 0.299. The van der Waals surface area contributed by atoms with E-state index < -0.39 is 65.7 Å². The van der Waals surface area contributed by atoms with Gasteiger partial charge in [-0.1, -0.05) is 23.7 Å². The summed E-state index contributed by atoms with van der Waals surface area (Å²) in [7, 11) is 0. The van der Waals surface area contributed by atoms with Crippen molar-refractivity contribution >= 4 is 11.6 Å². The first kappa shape index (κ1) is 31.3. The lowest BCUT2D eigenvalue weighted by Gasteiger charge is -2.43. The molecule has 1 nitrogen and oxygen atoms in total. The Bertz CT molecular complexity index is 890. The van der Waals surface area contributed by atoms with Crippen molar-refractivity contribution in [1.29, 1.82) is 0 Å². The third-order valence-electron chi connectivity index (χ3n) is 4.49. The van der Waals surface area contributed by atoms with E-state index >= 15 is 0 Å². The molecule has 1 atom stereocenters. The van der Waals surface area contributed by atoms with Crippen molar-refractivity contribution in [3.8, 4) is 0 Å². The van der Waals surface area contributed by atoms with Crippen LogP contribution in [0.1, 0.15) is 18.1 Å². The third-order valence-corrected chi connectivity index (χ3v) is 4.74. The maximum Gasteiger partial charge on any atom is 0.460 e. The summed E-state index contributed by atoms with van der Waals surface area (Å²) in [6.45, 7) is 0. The number of halogens is 18. The molecule has 35 heavy (non-hydrogen) atoms. The van der Waals surface area contributed by atoms with Gasteiger partial charge in [0.1, 0.15) is 0 Å². The molecule has 204 valence electrons. The van der Waals surface area contributed by atoms with Gasteiger partial charge in [-0.05, 0) is 17.7 Å². The third kappa shape index (κ3) is 4.59. The summed E-state index contributed by atoms with van der Waals surface area (Å²) >= 11 is 5.38. The van der Waals surface area contributed by atoms with Crippen LogP contribution in [0.4, 0.5) is 74.6 Å². The van der Waals surface area contributed by atoms with Crippen molar-refractivity contribution in [2.45, 2.75) is 60.2 Å². The van der Waals surface area contributed by atoms with Gasteiger partial charge in [-0.15, -0.1) is 0 Å². The van der Waals surface area contributed by atoms with Crippen molar-refractivity contribution in [2.24, 2.45) is 0 Å². The number of aliphatic hydroxyl groups excluding tert-OH is 1. The molecule has 0 radical (unpaired) electrons. The summed E-state index contributed by atoms with van der Waals surface area (Å²) < 4.78 is 224. The van der Waals surface area contributed by atoms with Crippen molar-refractivity contribution in [3.63, 3.8) is 0 Å². The highest BCUT2D eigenvalue weighted by atomic mass is 35.5. The van der Waals surface area contributed by atoms with Crippen LogP contribution in [0, 0.1) is 0 Å². The Morgan fingerprint density at radius 1 is 0.543 bits per heavy atom. The van der Waals surface area contributed by atoms with Crippen LogP contribution in [-0.2, 0) is 0 Å². The molecular weight excluding hydrogens is 567 g/mol. The smallest absolute Gasteiger partial charge is 0.388 e. The van der Waals surface area contributed by atoms with Crippen molar-refractivity contribution in [1.82, 2.24) is 0 Å². The lowest BCUT2D eigenvalue weighted by molar-refractivity contribution is -0.462. The molecule has 0 spiro atoms. The number of rotatable bonds is 9. The fourth-order valence-electron chi connectivity index (χ4n) is 2.37. The van der Waals surface area contributed by atoms with E-state index in [2.05, 4.69) is 0 Å². The van der Waals surface area contributed by atoms with Crippen LogP contribution >= 0.6 is 11.6 Å². The Morgan fingerprint density at radius 3 is 1.20 bits per heavy atom. The first-order valence-electron chi connectivity index (χ1n) is 8.28. The summed E-state index contributed by atoms with van der Waals surface area (Å²) in [5.41, 5.74) is -0.804. The van der Waals surface area contributed by atoms with Crippen molar-refractivity contribution < 1.29 is 79.7 Å². The first-order chi connectivity index (χ1) is 15.1. The monoisotopic (exact) mass is 574 g/mol. The van der Waals surface area contributed by atoms with Gasteiger partial charge in [0.2, 0.25) is 0 Å². The maximum absolute atomic E-state index is 13.8. The number of hydrogen-bond acceptors (Lipinski definition) is 1. The van der Waals surface area contributed by atoms with E-state index in [9.17, 15) is 79.7 Å². The molecular formula is C16H8ClF17O. The van der Waals surface area contributed by atoms with Gasteiger partial charge in [-0.3, -0.25) is 0 Å². The summed E-state index contributed by atoms with van der Waals surface area (Å²) in [4.78, 5) is 0. The number of alkyl halides is 17. The van der Waals surface area contributed by atoms with E-state index in [4.69, 9.17) is 11.6 Å². The predicted molar refractivity (Wildman–Crippen MR) is 81.7 cm³/mol. The zero-order chi connectivity index (χ0) is 28.3. The van der Waals surface area contributed by atoms with Crippen LogP contribution in [0.2, 0.25) is 5.02 Å². The van der Waals surface area contributed by atoms with Crippen LogP contribution < -0.4 is 0 Å². The Morgan fingerprint density at radius 2 is 0.857 bits per heavy atom. The molecule has 0 heterocycles. The fraction of sp³-hybridized carbons (Fsp3) is 0.625. The zero-order valence-corrected chi connectivity index (χ0v) is 16.6. The standard InChI is InChI=1S/C16H8ClF17O/c17-7-3-1-6(2-4-7)8(35)5-9(18,19)10(20,21)11(22,23)12(24,25)13(26,27)14(28,29)15(30,31)16(32,33)34/h1-4,8,35H,5H2. The van der Waals surface area contributed by atoms with Gasteiger partial charge in [0.05, 0.1) is 6.10 Å². The van der Waals surface area contributed by atoms with Gasteiger partial charge in [0.25, 0.3) is 0 Å². The minimum absolute atomic E-state index is 0.150. The highest BCUT2D eigenvalue weighted by molar-refractivity contribution is 6.30. The molecule has 0 saturated heterocycles. The van der Waals surface area contributed by atoms with Crippen molar-refractivity contribution in [2.75, 3.05) is 0 Å². The second-order valence-electron chi connectivity index (χ2n) is 6.92. The Labute approximate surface area is 187 Å². The van der Waals surface area contributed by atoms with E-state index in [1.54, 1.807) is 0 Å². The van der Waals surface area contributed by atoms with E-state index in [1.165, 1.54) is 0 Å². The van der Waals surface area contributed by atoms with Gasteiger partial charge >= 0.3 is 47.6 Å². The second kappa shape index (κ2) is 8.69. The van der Waals surface area contributed by atoms with Crippen LogP contribution in [0.3, 0.4) is 0 Å². The number of aliphatic hydroxyl groups is 1. The molecule has 1 unspecified atom stereocenters. The Balaban J connectivity index is 3.52. The highest BCUT2D eigenvalue weighted by Gasteiger charge is 2.95. The average molecular weight is 575 g/mol. The van der Waals surface area contributed by atoms with Gasteiger partial charge in [0, 0.05) is 11.4 Å². The maximum atomic E-state index is 13.8. The van der Waals surface area contributed by atoms with Gasteiger partial charge < -0.3 is 5.11 Å². The first-order valence-corrected chi connectivity index (χ1v) is 8.66. The summed E-state index contributed by atoms with van der Waals surface area (Å²) in [6.07, 6.45) is -13.7. The Kier molecular flexibility index (Phi) is 7.78. The number of hydrogen-bond donors (Lipinski definition) is 1. The number of benzene rings is 1. The van der Waals surface area contributed by atoms with Crippen LogP contribution in [0.25, 0.3) is 0 Å². The topological polar surface area (TPSA) is 20.2 Å². The highest BCUT2D eigenvalue weighted by Crippen LogP contribution is 2.64. The molecule has 0 aromatic heterocycles. The molecule has 1 N–H and O–H groups in total. The molecule has 0 aliphatic carbocycles. The molecule has 0 amide bonds. The minimum Gasteiger partial charge on any atom is -0.388 e. The fourth-order valence-corrected chi connectivity index (χ4v) is 2.50. The molecule has 1 rings (SSSR count). The zero-order valence-electron chi connectivity index (χ0n) is 15.8. The van der Waals surface area contributed by atoms with Gasteiger partial charge in [-0.25, -0.2) is 0 Å². The van der Waals surface area contributed by atoms with Crippen LogP contribution in [-0.4, -0.2) is 52.7 Å². The summed E-state index contributed by atoms with van der Waals surface area (Å²) in [5, 5.41) is 9.33.